The molecule has 0 unspecified atom stereocenters. The molecule has 178 valence electrons. The molecule has 3 heterocycles. The summed E-state index contributed by atoms with van der Waals surface area (Å²) in [5, 5.41) is 12.6. The number of hydrogen-bond acceptors (Lipinski definition) is 7. The van der Waals surface area contributed by atoms with E-state index in [0.29, 0.717) is 17.8 Å². The fourth-order valence-electron chi connectivity index (χ4n) is 3.56. The number of benzene rings is 1. The fraction of sp³-hybridized carbons (Fsp3) is 0.273. The number of amides is 1. The van der Waals surface area contributed by atoms with Gasteiger partial charge in [-0.1, -0.05) is 18.2 Å². The second kappa shape index (κ2) is 10.1. The average molecular weight is 489 g/mol. The highest BCUT2D eigenvalue weighted by molar-refractivity contribution is 6.32. The van der Waals surface area contributed by atoms with Crippen LogP contribution in [0.15, 0.2) is 43.4 Å². The van der Waals surface area contributed by atoms with Gasteiger partial charge in [0.2, 0.25) is 11.9 Å². The second-order valence-corrected chi connectivity index (χ2v) is 8.30. The van der Waals surface area contributed by atoms with Crippen LogP contribution in [-0.2, 0) is 4.79 Å². The maximum absolute atomic E-state index is 14.4. The zero-order valence-corrected chi connectivity index (χ0v) is 19.1. The highest BCUT2D eigenvalue weighted by Crippen LogP contribution is 2.30. The fourth-order valence-corrected chi connectivity index (χ4v) is 3.70. The largest absolute Gasteiger partial charge is 0.336 e. The minimum Gasteiger partial charge on any atom is -0.336 e. The molecular weight excluding hydrogens is 466 g/mol. The SMILES string of the molecule is C=CC(=O)Nc1cc(Nc2nc(Nc3cnn(C4CCN(C)CC4)c3)ncc2Cl)c(F)cc1F. The maximum Gasteiger partial charge on any atom is 0.247 e. The summed E-state index contributed by atoms with van der Waals surface area (Å²) in [4.78, 5) is 22.2. The Labute approximate surface area is 199 Å². The predicted octanol–water partition coefficient (Wildman–Crippen LogP) is 4.48. The van der Waals surface area contributed by atoms with Crippen LogP contribution in [-0.4, -0.2) is 50.7 Å². The lowest BCUT2D eigenvalue weighted by atomic mass is 10.1. The maximum atomic E-state index is 14.4. The van der Waals surface area contributed by atoms with E-state index in [2.05, 4.69) is 49.5 Å². The van der Waals surface area contributed by atoms with E-state index in [1.807, 2.05) is 10.9 Å². The van der Waals surface area contributed by atoms with Crippen LogP contribution < -0.4 is 16.0 Å². The number of rotatable bonds is 7. The van der Waals surface area contributed by atoms with Gasteiger partial charge in [-0.2, -0.15) is 10.1 Å². The van der Waals surface area contributed by atoms with Crippen molar-refractivity contribution in [2.45, 2.75) is 18.9 Å². The van der Waals surface area contributed by atoms with Crippen molar-refractivity contribution < 1.29 is 13.6 Å². The minimum absolute atomic E-state index is 0.0911. The number of nitrogens with one attached hydrogen (secondary N) is 3. The molecule has 0 spiro atoms. The first-order valence-electron chi connectivity index (χ1n) is 10.5. The average Bonchev–Trinajstić information content (AvgIpc) is 3.28. The second-order valence-electron chi connectivity index (χ2n) is 7.89. The molecule has 1 amide bonds. The highest BCUT2D eigenvalue weighted by atomic mass is 35.5. The predicted molar refractivity (Wildman–Crippen MR) is 127 cm³/mol. The Morgan fingerprint density at radius 3 is 2.65 bits per heavy atom. The van der Waals surface area contributed by atoms with Crippen molar-refractivity contribution in [2.75, 3.05) is 36.1 Å². The molecule has 1 aromatic carbocycles. The van der Waals surface area contributed by atoms with Crippen molar-refractivity contribution in [3.05, 3.63) is 60.0 Å². The van der Waals surface area contributed by atoms with Crippen LogP contribution in [0.2, 0.25) is 5.02 Å². The van der Waals surface area contributed by atoms with Crippen molar-refractivity contribution in [3.8, 4) is 0 Å². The van der Waals surface area contributed by atoms with Crippen LogP contribution in [0, 0.1) is 11.6 Å². The molecule has 0 atom stereocenters. The number of hydrogen-bond donors (Lipinski definition) is 3. The standard InChI is InChI=1S/C22H23ClF2N8O/c1-3-20(34)29-18-9-19(17(25)8-16(18)24)30-21-15(23)11-26-22(31-21)28-13-10-27-33(12-13)14-4-6-32(2)7-5-14/h3,8-12,14H,1,4-7H2,2H3,(H,29,34)(H2,26,28,30,31). The van der Waals surface area contributed by atoms with Crippen molar-refractivity contribution in [1.82, 2.24) is 24.6 Å². The summed E-state index contributed by atoms with van der Waals surface area (Å²) in [7, 11) is 2.10. The Kier molecular flexibility index (Phi) is 7.03. The molecule has 3 aromatic rings. The first-order valence-corrected chi connectivity index (χ1v) is 10.9. The molecular formula is C22H23ClF2N8O. The van der Waals surface area contributed by atoms with Gasteiger partial charge in [-0.05, 0) is 45.1 Å². The molecule has 0 radical (unpaired) electrons. The third kappa shape index (κ3) is 5.49. The van der Waals surface area contributed by atoms with E-state index in [-0.39, 0.29) is 28.2 Å². The van der Waals surface area contributed by atoms with Crippen LogP contribution in [0.1, 0.15) is 18.9 Å². The zero-order valence-electron chi connectivity index (χ0n) is 18.4. The zero-order chi connectivity index (χ0) is 24.2. The van der Waals surface area contributed by atoms with Gasteiger partial charge in [0.25, 0.3) is 0 Å². The normalized spacial score (nSPS) is 14.6. The van der Waals surface area contributed by atoms with Crippen LogP contribution >= 0.6 is 11.6 Å². The van der Waals surface area contributed by atoms with E-state index in [0.717, 1.165) is 38.1 Å². The Balaban J connectivity index is 1.50. The van der Waals surface area contributed by atoms with Gasteiger partial charge in [-0.15, -0.1) is 0 Å². The van der Waals surface area contributed by atoms with E-state index in [1.54, 1.807) is 6.20 Å². The number of likely N-dealkylation sites (tertiary alicyclic amines) is 1. The quantitative estimate of drug-likeness (QED) is 0.421. The van der Waals surface area contributed by atoms with Gasteiger partial charge in [-0.3, -0.25) is 9.48 Å². The number of aromatic nitrogens is 4. The lowest BCUT2D eigenvalue weighted by Crippen LogP contribution is -2.31. The van der Waals surface area contributed by atoms with Crippen molar-refractivity contribution in [2.24, 2.45) is 0 Å². The molecule has 1 fully saturated rings. The van der Waals surface area contributed by atoms with Crippen molar-refractivity contribution in [3.63, 3.8) is 0 Å². The number of halogens is 3. The van der Waals surface area contributed by atoms with E-state index in [9.17, 15) is 13.6 Å². The van der Waals surface area contributed by atoms with Crippen LogP contribution in [0.3, 0.4) is 0 Å². The van der Waals surface area contributed by atoms with Crippen molar-refractivity contribution >= 4 is 46.3 Å². The third-order valence-corrected chi connectivity index (χ3v) is 5.69. The molecule has 4 rings (SSSR count). The van der Waals surface area contributed by atoms with E-state index in [4.69, 9.17) is 11.6 Å². The Hall–Kier alpha value is -3.57. The smallest absolute Gasteiger partial charge is 0.247 e. The first kappa shape index (κ1) is 23.6. The van der Waals surface area contributed by atoms with Gasteiger partial charge in [0.1, 0.15) is 16.7 Å². The molecule has 1 aliphatic rings. The number of anilines is 5. The third-order valence-electron chi connectivity index (χ3n) is 5.42. The van der Waals surface area contributed by atoms with E-state index in [1.165, 1.54) is 6.20 Å². The molecule has 0 bridgehead atoms. The van der Waals surface area contributed by atoms with E-state index >= 15 is 0 Å². The molecule has 1 aliphatic heterocycles. The van der Waals surface area contributed by atoms with Crippen molar-refractivity contribution in [1.29, 1.82) is 0 Å². The summed E-state index contributed by atoms with van der Waals surface area (Å²) in [5.74, 6) is -2.16. The molecule has 0 aliphatic carbocycles. The summed E-state index contributed by atoms with van der Waals surface area (Å²) in [6.45, 7) is 5.34. The molecule has 3 N–H and O–H groups in total. The topological polar surface area (TPSA) is 100 Å². The molecule has 1 saturated heterocycles. The first-order chi connectivity index (χ1) is 16.3. The minimum atomic E-state index is -0.934. The molecule has 2 aromatic heterocycles. The van der Waals surface area contributed by atoms with Gasteiger partial charge < -0.3 is 20.9 Å². The molecule has 9 nitrogen and oxygen atoms in total. The number of nitrogens with zero attached hydrogens (tertiary/aromatic N) is 5. The van der Waals surface area contributed by atoms with Gasteiger partial charge in [0, 0.05) is 12.3 Å². The van der Waals surface area contributed by atoms with Crippen LogP contribution in [0.25, 0.3) is 0 Å². The number of carbonyl (C=O) groups is 1. The number of carbonyl (C=O) groups excluding carboxylic acids is 1. The lowest BCUT2D eigenvalue weighted by Gasteiger charge is -2.28. The Morgan fingerprint density at radius 1 is 1.18 bits per heavy atom. The summed E-state index contributed by atoms with van der Waals surface area (Å²) in [5.41, 5.74) is 0.329. The monoisotopic (exact) mass is 488 g/mol. The molecule has 12 heteroatoms. The Bertz CT molecular complexity index is 1210. The van der Waals surface area contributed by atoms with E-state index < -0.39 is 17.5 Å². The van der Waals surface area contributed by atoms with Gasteiger partial charge >= 0.3 is 0 Å². The lowest BCUT2D eigenvalue weighted by molar-refractivity contribution is -0.111. The number of piperidine rings is 1. The van der Waals surface area contributed by atoms with Crippen LogP contribution in [0.5, 0.6) is 0 Å². The summed E-state index contributed by atoms with van der Waals surface area (Å²) >= 11 is 6.18. The highest BCUT2D eigenvalue weighted by Gasteiger charge is 2.19. The van der Waals surface area contributed by atoms with Gasteiger partial charge in [0.15, 0.2) is 5.82 Å². The summed E-state index contributed by atoms with van der Waals surface area (Å²) in [6.07, 6.45) is 7.92. The van der Waals surface area contributed by atoms with Gasteiger partial charge in [0.05, 0.1) is 35.5 Å². The summed E-state index contributed by atoms with van der Waals surface area (Å²) in [6, 6.07) is 2.07. The van der Waals surface area contributed by atoms with Crippen LogP contribution in [0.4, 0.5) is 37.6 Å². The summed E-state index contributed by atoms with van der Waals surface area (Å²) < 4.78 is 30.3. The molecule has 34 heavy (non-hydrogen) atoms. The van der Waals surface area contributed by atoms with Gasteiger partial charge in [-0.25, -0.2) is 13.8 Å². The Morgan fingerprint density at radius 2 is 1.91 bits per heavy atom. The molecule has 0 saturated carbocycles.